The van der Waals surface area contributed by atoms with Crippen molar-refractivity contribution >= 4 is 40.9 Å². The van der Waals surface area contributed by atoms with Crippen LogP contribution >= 0.6 is 23.2 Å². The van der Waals surface area contributed by atoms with Crippen LogP contribution in [0, 0.1) is 5.92 Å². The molecule has 2 rings (SSSR count). The van der Waals surface area contributed by atoms with Gasteiger partial charge >= 0.3 is 6.09 Å². The second-order valence-corrected chi connectivity index (χ2v) is 6.55. The number of hydrogen-bond acceptors (Lipinski definition) is 3. The van der Waals surface area contributed by atoms with E-state index in [-0.39, 0.29) is 24.4 Å². The molecule has 2 amide bonds. The Morgan fingerprint density at radius 1 is 1.30 bits per heavy atom. The van der Waals surface area contributed by atoms with E-state index in [2.05, 4.69) is 10.6 Å². The number of likely N-dealkylation sites (tertiary alicyclic amines) is 1. The summed E-state index contributed by atoms with van der Waals surface area (Å²) in [5, 5.41) is 15.3. The maximum atomic E-state index is 12.3. The zero-order chi connectivity index (χ0) is 17.0. The normalized spacial score (nSPS) is 20.9. The predicted molar refractivity (Wildman–Crippen MR) is 90.3 cm³/mol. The summed E-state index contributed by atoms with van der Waals surface area (Å²) < 4.78 is 0. The van der Waals surface area contributed by atoms with Gasteiger partial charge in [-0.15, -0.1) is 0 Å². The smallest absolute Gasteiger partial charge is 0.404 e. The maximum absolute atomic E-state index is 12.3. The minimum atomic E-state index is -1.07. The molecule has 1 aromatic rings. The minimum Gasteiger partial charge on any atom is -0.465 e. The highest BCUT2D eigenvalue weighted by atomic mass is 35.5. The highest BCUT2D eigenvalue weighted by Crippen LogP contribution is 2.22. The second-order valence-electron chi connectivity index (χ2n) is 5.67. The molecule has 1 aromatic carbocycles. The lowest BCUT2D eigenvalue weighted by atomic mass is 9.93. The average molecular weight is 360 g/mol. The first-order chi connectivity index (χ1) is 10.8. The largest absolute Gasteiger partial charge is 0.465 e. The number of benzene rings is 1. The number of hydrogen-bond donors (Lipinski definition) is 3. The molecule has 2 unspecified atom stereocenters. The first kappa shape index (κ1) is 17.7. The van der Waals surface area contributed by atoms with E-state index < -0.39 is 6.09 Å². The van der Waals surface area contributed by atoms with Gasteiger partial charge in [-0.1, -0.05) is 30.1 Å². The topological polar surface area (TPSA) is 81.7 Å². The van der Waals surface area contributed by atoms with E-state index in [0.29, 0.717) is 28.8 Å². The van der Waals surface area contributed by atoms with Crippen molar-refractivity contribution in [3.63, 3.8) is 0 Å². The summed E-state index contributed by atoms with van der Waals surface area (Å²) in [4.78, 5) is 24.8. The molecule has 23 heavy (non-hydrogen) atoms. The van der Waals surface area contributed by atoms with Gasteiger partial charge in [0.15, 0.2) is 0 Å². The highest BCUT2D eigenvalue weighted by molar-refractivity contribution is 6.35. The fourth-order valence-electron chi connectivity index (χ4n) is 2.59. The van der Waals surface area contributed by atoms with Crippen molar-refractivity contribution in [3.05, 3.63) is 28.2 Å². The molecule has 0 aromatic heterocycles. The van der Waals surface area contributed by atoms with Crippen LogP contribution in [0.4, 0.5) is 10.5 Å². The maximum Gasteiger partial charge on any atom is 0.404 e. The summed E-state index contributed by atoms with van der Waals surface area (Å²) in [5.41, 5.74) is 0.668. The number of halogens is 2. The molecule has 3 N–H and O–H groups in total. The molecule has 0 aliphatic carbocycles. The van der Waals surface area contributed by atoms with Crippen molar-refractivity contribution < 1.29 is 14.7 Å². The van der Waals surface area contributed by atoms with Crippen molar-refractivity contribution in [3.8, 4) is 0 Å². The van der Waals surface area contributed by atoms with Gasteiger partial charge in [0.2, 0.25) is 5.91 Å². The molecule has 1 aliphatic rings. The van der Waals surface area contributed by atoms with E-state index in [1.54, 1.807) is 23.1 Å². The summed E-state index contributed by atoms with van der Waals surface area (Å²) in [6.45, 7) is 3.08. The number of carboxylic acid groups (broad SMARTS) is 1. The molecule has 0 radical (unpaired) electrons. The molecule has 1 heterocycles. The summed E-state index contributed by atoms with van der Waals surface area (Å²) in [6, 6.07) is 4.75. The van der Waals surface area contributed by atoms with E-state index in [0.717, 1.165) is 6.42 Å². The van der Waals surface area contributed by atoms with Gasteiger partial charge in [0.05, 0.1) is 12.6 Å². The zero-order valence-electron chi connectivity index (χ0n) is 12.7. The third-order valence-electron chi connectivity index (χ3n) is 3.93. The molecule has 2 atom stereocenters. The van der Waals surface area contributed by atoms with Crippen LogP contribution in [0.15, 0.2) is 18.2 Å². The number of piperidine rings is 1. The van der Waals surface area contributed by atoms with Gasteiger partial charge in [-0.2, -0.15) is 0 Å². The first-order valence-corrected chi connectivity index (χ1v) is 8.08. The van der Waals surface area contributed by atoms with E-state index >= 15 is 0 Å². The molecule has 1 fully saturated rings. The number of carbonyl (C=O) groups is 2. The lowest BCUT2D eigenvalue weighted by molar-refractivity contribution is -0.131. The highest BCUT2D eigenvalue weighted by Gasteiger charge is 2.29. The van der Waals surface area contributed by atoms with Gasteiger partial charge in [0.25, 0.3) is 0 Å². The Balaban J connectivity index is 1.91. The van der Waals surface area contributed by atoms with Gasteiger partial charge in [-0.05, 0) is 30.5 Å². The Morgan fingerprint density at radius 3 is 2.57 bits per heavy atom. The van der Waals surface area contributed by atoms with E-state index in [1.807, 2.05) is 6.92 Å². The summed E-state index contributed by atoms with van der Waals surface area (Å²) >= 11 is 11.8. The molecule has 1 aliphatic heterocycles. The van der Waals surface area contributed by atoms with Crippen LogP contribution in [0.3, 0.4) is 0 Å². The molecule has 8 heteroatoms. The van der Waals surface area contributed by atoms with Gasteiger partial charge in [-0.3, -0.25) is 4.79 Å². The number of amides is 2. The van der Waals surface area contributed by atoms with E-state index in [9.17, 15) is 9.59 Å². The third-order valence-corrected chi connectivity index (χ3v) is 4.36. The summed E-state index contributed by atoms with van der Waals surface area (Å²) in [7, 11) is 0. The monoisotopic (exact) mass is 359 g/mol. The molecule has 126 valence electrons. The third kappa shape index (κ3) is 5.18. The van der Waals surface area contributed by atoms with Crippen molar-refractivity contribution in [1.29, 1.82) is 0 Å². The van der Waals surface area contributed by atoms with Crippen molar-refractivity contribution in [2.45, 2.75) is 19.4 Å². The standard InChI is InChI=1S/C15H19Cl2N3O3/c1-9-2-3-20(8-13(9)19-15(22)23)14(21)7-18-12-5-10(16)4-11(17)6-12/h4-6,9,13,18-19H,2-3,7-8H2,1H3,(H,22,23). The van der Waals surface area contributed by atoms with Crippen molar-refractivity contribution in [1.82, 2.24) is 10.2 Å². The molecule has 6 nitrogen and oxygen atoms in total. The van der Waals surface area contributed by atoms with Gasteiger partial charge in [-0.25, -0.2) is 4.79 Å². The van der Waals surface area contributed by atoms with Crippen LogP contribution in [0.2, 0.25) is 10.0 Å². The molecule has 0 bridgehead atoms. The van der Waals surface area contributed by atoms with E-state index in [4.69, 9.17) is 28.3 Å². The number of nitrogens with zero attached hydrogens (tertiary/aromatic N) is 1. The van der Waals surface area contributed by atoms with Crippen LogP contribution in [-0.2, 0) is 4.79 Å². The van der Waals surface area contributed by atoms with Crippen LogP contribution in [0.25, 0.3) is 0 Å². The Morgan fingerprint density at radius 2 is 1.96 bits per heavy atom. The molecular weight excluding hydrogens is 341 g/mol. The lowest BCUT2D eigenvalue weighted by Gasteiger charge is -2.37. The SMILES string of the molecule is CC1CCN(C(=O)CNc2cc(Cl)cc(Cl)c2)CC1NC(=O)O. The van der Waals surface area contributed by atoms with Gasteiger partial charge in [0, 0.05) is 28.8 Å². The van der Waals surface area contributed by atoms with Gasteiger partial charge < -0.3 is 20.6 Å². The van der Waals surface area contributed by atoms with Gasteiger partial charge in [0.1, 0.15) is 0 Å². The summed E-state index contributed by atoms with van der Waals surface area (Å²) in [5.74, 6) is 0.111. The second kappa shape index (κ2) is 7.75. The number of carbonyl (C=O) groups excluding carboxylic acids is 1. The van der Waals surface area contributed by atoms with Crippen LogP contribution in [0.1, 0.15) is 13.3 Å². The minimum absolute atomic E-state index is 0.0924. The first-order valence-electron chi connectivity index (χ1n) is 7.32. The predicted octanol–water partition coefficient (Wildman–Crippen LogP) is 2.91. The quantitative estimate of drug-likeness (QED) is 0.771. The van der Waals surface area contributed by atoms with Crippen molar-refractivity contribution in [2.75, 3.05) is 25.0 Å². The van der Waals surface area contributed by atoms with E-state index in [1.165, 1.54) is 0 Å². The van der Waals surface area contributed by atoms with Crippen LogP contribution in [0.5, 0.6) is 0 Å². The molecule has 0 spiro atoms. The molecule has 0 saturated carbocycles. The van der Waals surface area contributed by atoms with Crippen LogP contribution < -0.4 is 10.6 Å². The van der Waals surface area contributed by atoms with Crippen molar-refractivity contribution in [2.24, 2.45) is 5.92 Å². The number of anilines is 1. The molecule has 1 saturated heterocycles. The number of nitrogens with one attached hydrogen (secondary N) is 2. The number of rotatable bonds is 4. The fraction of sp³-hybridized carbons (Fsp3) is 0.467. The Bertz CT molecular complexity index is 577. The Hall–Kier alpha value is -1.66. The average Bonchev–Trinajstić information content (AvgIpc) is 2.45. The Kier molecular flexibility index (Phi) is 5.96. The lowest BCUT2D eigenvalue weighted by Crippen LogP contribution is -2.54. The van der Waals surface area contributed by atoms with Crippen LogP contribution in [-0.4, -0.2) is 47.7 Å². The zero-order valence-corrected chi connectivity index (χ0v) is 14.2. The Labute approximate surface area is 144 Å². The summed E-state index contributed by atoms with van der Waals surface area (Å²) in [6.07, 6.45) is -0.303. The molecular formula is C15H19Cl2N3O3. The fourth-order valence-corrected chi connectivity index (χ4v) is 3.11.